The number of hydrogen-bond acceptors (Lipinski definition) is 4. The highest BCUT2D eigenvalue weighted by molar-refractivity contribution is 7.99. The Bertz CT molecular complexity index is 706. The molecule has 22 heavy (non-hydrogen) atoms. The van der Waals surface area contributed by atoms with E-state index >= 15 is 0 Å². The largest absolute Gasteiger partial charge is 0.325 e. The summed E-state index contributed by atoms with van der Waals surface area (Å²) < 4.78 is 2.01. The zero-order chi connectivity index (χ0) is 15.7. The van der Waals surface area contributed by atoms with E-state index < -0.39 is 0 Å². The van der Waals surface area contributed by atoms with Crippen LogP contribution >= 0.6 is 11.8 Å². The molecular formula is C16H20N4OS. The maximum absolute atomic E-state index is 12.1. The van der Waals surface area contributed by atoms with E-state index in [-0.39, 0.29) is 5.91 Å². The second-order valence-corrected chi connectivity index (χ2v) is 6.70. The first kappa shape index (κ1) is 15.1. The lowest BCUT2D eigenvalue weighted by Crippen LogP contribution is -2.15. The van der Waals surface area contributed by atoms with Crippen LogP contribution in [0.15, 0.2) is 23.4 Å². The summed E-state index contributed by atoms with van der Waals surface area (Å²) in [6.07, 6.45) is 2.40. The van der Waals surface area contributed by atoms with E-state index in [4.69, 9.17) is 0 Å². The first-order valence-electron chi connectivity index (χ1n) is 7.44. The van der Waals surface area contributed by atoms with Crippen molar-refractivity contribution in [1.29, 1.82) is 0 Å². The van der Waals surface area contributed by atoms with Crippen LogP contribution in [0.3, 0.4) is 0 Å². The molecule has 1 N–H and O–H groups in total. The molecule has 0 aliphatic heterocycles. The highest BCUT2D eigenvalue weighted by Gasteiger charge is 2.29. The van der Waals surface area contributed by atoms with Crippen LogP contribution in [0.1, 0.15) is 35.7 Å². The Hall–Kier alpha value is -1.82. The predicted molar refractivity (Wildman–Crippen MR) is 88.2 cm³/mol. The van der Waals surface area contributed by atoms with Crippen LogP contribution in [-0.2, 0) is 11.8 Å². The smallest absolute Gasteiger partial charge is 0.234 e. The van der Waals surface area contributed by atoms with E-state index in [1.165, 1.54) is 30.2 Å². The van der Waals surface area contributed by atoms with E-state index in [1.807, 2.05) is 43.7 Å². The van der Waals surface area contributed by atoms with Gasteiger partial charge in [0.1, 0.15) is 5.82 Å². The summed E-state index contributed by atoms with van der Waals surface area (Å²) in [5.74, 6) is 1.92. The SMILES string of the molecule is Cc1cccc(NC(=O)CSc2nnc(C3CC3)n2C)c1C. The number of amides is 1. The molecule has 1 amide bonds. The monoisotopic (exact) mass is 316 g/mol. The molecule has 1 aliphatic rings. The van der Waals surface area contributed by atoms with Crippen LogP contribution in [-0.4, -0.2) is 26.4 Å². The molecule has 0 bridgehead atoms. The van der Waals surface area contributed by atoms with Crippen molar-refractivity contribution in [3.05, 3.63) is 35.2 Å². The Balaban J connectivity index is 1.59. The van der Waals surface area contributed by atoms with Gasteiger partial charge in [0.25, 0.3) is 0 Å². The van der Waals surface area contributed by atoms with Crippen molar-refractivity contribution < 1.29 is 4.79 Å². The Morgan fingerprint density at radius 3 is 2.86 bits per heavy atom. The highest BCUT2D eigenvalue weighted by atomic mass is 32.2. The molecule has 5 nitrogen and oxygen atoms in total. The number of carbonyl (C=O) groups excluding carboxylic acids is 1. The summed E-state index contributed by atoms with van der Waals surface area (Å²) in [5.41, 5.74) is 3.16. The number of aromatic nitrogens is 3. The standard InChI is InChI=1S/C16H20N4OS/c1-10-5-4-6-13(11(10)2)17-14(21)9-22-16-19-18-15(20(16)3)12-7-8-12/h4-6,12H,7-9H2,1-3H3,(H,17,21). The molecule has 1 saturated carbocycles. The van der Waals surface area contributed by atoms with Gasteiger partial charge in [-0.3, -0.25) is 4.79 Å². The second kappa shape index (κ2) is 6.12. The van der Waals surface area contributed by atoms with Gasteiger partial charge >= 0.3 is 0 Å². The molecule has 1 fully saturated rings. The molecule has 1 aromatic heterocycles. The topological polar surface area (TPSA) is 59.8 Å². The fraction of sp³-hybridized carbons (Fsp3) is 0.438. The maximum Gasteiger partial charge on any atom is 0.234 e. The molecule has 1 aliphatic carbocycles. The summed E-state index contributed by atoms with van der Waals surface area (Å²) >= 11 is 1.43. The van der Waals surface area contributed by atoms with Gasteiger partial charge in [-0.05, 0) is 43.9 Å². The quantitative estimate of drug-likeness (QED) is 0.861. The van der Waals surface area contributed by atoms with Crippen molar-refractivity contribution in [3.63, 3.8) is 0 Å². The lowest BCUT2D eigenvalue weighted by Gasteiger charge is -2.10. The molecule has 3 rings (SSSR count). The van der Waals surface area contributed by atoms with E-state index in [2.05, 4.69) is 15.5 Å². The lowest BCUT2D eigenvalue weighted by atomic mass is 10.1. The van der Waals surface area contributed by atoms with Gasteiger partial charge in [-0.15, -0.1) is 10.2 Å². The molecule has 6 heteroatoms. The van der Waals surface area contributed by atoms with Crippen LogP contribution in [0.2, 0.25) is 0 Å². The Labute approximate surface area is 134 Å². The van der Waals surface area contributed by atoms with Crippen molar-refractivity contribution in [2.24, 2.45) is 7.05 Å². The minimum atomic E-state index is -0.0188. The molecule has 2 aromatic rings. The average Bonchev–Trinajstić information content (AvgIpc) is 3.26. The molecule has 0 spiro atoms. The van der Waals surface area contributed by atoms with E-state index in [9.17, 15) is 4.79 Å². The van der Waals surface area contributed by atoms with Crippen molar-refractivity contribution in [3.8, 4) is 0 Å². The van der Waals surface area contributed by atoms with E-state index in [1.54, 1.807) is 0 Å². The van der Waals surface area contributed by atoms with Gasteiger partial charge in [-0.25, -0.2) is 0 Å². The Morgan fingerprint density at radius 2 is 2.14 bits per heavy atom. The first-order valence-corrected chi connectivity index (χ1v) is 8.43. The summed E-state index contributed by atoms with van der Waals surface area (Å²) in [6, 6.07) is 5.92. The van der Waals surface area contributed by atoms with Crippen molar-refractivity contribution in [2.75, 3.05) is 11.1 Å². The van der Waals surface area contributed by atoms with Crippen molar-refractivity contribution in [2.45, 2.75) is 37.8 Å². The van der Waals surface area contributed by atoms with Crippen LogP contribution in [0.4, 0.5) is 5.69 Å². The third-order valence-electron chi connectivity index (χ3n) is 4.02. The number of thioether (sulfide) groups is 1. The summed E-state index contributed by atoms with van der Waals surface area (Å²) in [4.78, 5) is 12.1. The summed E-state index contributed by atoms with van der Waals surface area (Å²) in [7, 11) is 1.97. The molecule has 0 saturated heterocycles. The molecule has 0 radical (unpaired) electrons. The van der Waals surface area contributed by atoms with Crippen LogP contribution < -0.4 is 5.32 Å². The van der Waals surface area contributed by atoms with Crippen molar-refractivity contribution in [1.82, 2.24) is 14.8 Å². The van der Waals surface area contributed by atoms with Gasteiger partial charge in [-0.1, -0.05) is 23.9 Å². The van der Waals surface area contributed by atoms with Gasteiger partial charge in [0, 0.05) is 18.7 Å². The molecule has 1 heterocycles. The maximum atomic E-state index is 12.1. The first-order chi connectivity index (χ1) is 10.6. The van der Waals surface area contributed by atoms with Gasteiger partial charge < -0.3 is 9.88 Å². The minimum Gasteiger partial charge on any atom is -0.325 e. The zero-order valence-electron chi connectivity index (χ0n) is 13.1. The van der Waals surface area contributed by atoms with Crippen LogP contribution in [0, 0.1) is 13.8 Å². The third kappa shape index (κ3) is 3.16. The number of hydrogen-bond donors (Lipinski definition) is 1. The van der Waals surface area contributed by atoms with E-state index in [0.29, 0.717) is 11.7 Å². The fourth-order valence-corrected chi connectivity index (χ4v) is 3.07. The summed E-state index contributed by atoms with van der Waals surface area (Å²) in [6.45, 7) is 4.06. The molecule has 1 aromatic carbocycles. The zero-order valence-corrected chi connectivity index (χ0v) is 13.9. The number of rotatable bonds is 5. The van der Waals surface area contributed by atoms with E-state index in [0.717, 1.165) is 22.2 Å². The van der Waals surface area contributed by atoms with Gasteiger partial charge in [0.2, 0.25) is 5.91 Å². The number of anilines is 1. The molecule has 0 unspecified atom stereocenters. The van der Waals surface area contributed by atoms with Gasteiger partial charge in [-0.2, -0.15) is 0 Å². The fourth-order valence-electron chi connectivity index (χ4n) is 2.35. The molecule has 0 atom stereocenters. The third-order valence-corrected chi connectivity index (χ3v) is 5.04. The number of benzene rings is 1. The average molecular weight is 316 g/mol. The minimum absolute atomic E-state index is 0.0188. The number of nitrogens with one attached hydrogen (secondary N) is 1. The molecular weight excluding hydrogens is 296 g/mol. The molecule has 116 valence electrons. The Morgan fingerprint density at radius 1 is 1.36 bits per heavy atom. The van der Waals surface area contributed by atoms with Gasteiger partial charge in [0.15, 0.2) is 5.16 Å². The Kier molecular flexibility index (Phi) is 4.20. The second-order valence-electron chi connectivity index (χ2n) is 5.76. The van der Waals surface area contributed by atoms with Crippen LogP contribution in [0.5, 0.6) is 0 Å². The predicted octanol–water partition coefficient (Wildman–Crippen LogP) is 3.04. The number of nitrogens with zero attached hydrogens (tertiary/aromatic N) is 3. The number of carbonyl (C=O) groups is 1. The highest BCUT2D eigenvalue weighted by Crippen LogP contribution is 2.39. The number of aryl methyl sites for hydroxylation is 1. The van der Waals surface area contributed by atoms with Crippen LogP contribution in [0.25, 0.3) is 0 Å². The lowest BCUT2D eigenvalue weighted by molar-refractivity contribution is -0.113. The summed E-state index contributed by atoms with van der Waals surface area (Å²) in [5, 5.41) is 12.2. The normalized spacial score (nSPS) is 14.1. The van der Waals surface area contributed by atoms with Crippen molar-refractivity contribution >= 4 is 23.4 Å². The van der Waals surface area contributed by atoms with Gasteiger partial charge in [0.05, 0.1) is 5.75 Å².